The summed E-state index contributed by atoms with van der Waals surface area (Å²) >= 11 is 0. The Morgan fingerprint density at radius 1 is 0.969 bits per heavy atom. The molecule has 1 unspecified atom stereocenters. The van der Waals surface area contributed by atoms with Crippen LogP contribution in [0.25, 0.3) is 0 Å². The van der Waals surface area contributed by atoms with Crippen molar-refractivity contribution in [2.75, 3.05) is 37.3 Å². The molecule has 0 amide bonds. The summed E-state index contributed by atoms with van der Waals surface area (Å²) in [6.45, 7) is 2.74. The first kappa shape index (κ1) is 26.1. The molecule has 178 valence electrons. The fraction of sp³-hybridized carbons (Fsp3) is 0.500. The van der Waals surface area contributed by atoms with Gasteiger partial charge < -0.3 is 20.3 Å². The predicted molar refractivity (Wildman–Crippen MR) is 128 cm³/mol. The van der Waals surface area contributed by atoms with Crippen molar-refractivity contribution in [3.05, 3.63) is 59.7 Å². The van der Waals surface area contributed by atoms with E-state index in [0.29, 0.717) is 12.1 Å². The number of ether oxygens (including phenoxy) is 1. The minimum Gasteiger partial charge on any atom is -0.506 e. The van der Waals surface area contributed by atoms with E-state index in [1.54, 1.807) is 6.07 Å². The molecule has 2 aromatic rings. The third-order valence-corrected chi connectivity index (χ3v) is 5.62. The highest BCUT2D eigenvalue weighted by atomic mass is 32.2. The first-order chi connectivity index (χ1) is 15.3. The van der Waals surface area contributed by atoms with Gasteiger partial charge in [-0.15, -0.1) is 0 Å². The zero-order chi connectivity index (χ0) is 23.2. The molecule has 4 N–H and O–H groups in total. The van der Waals surface area contributed by atoms with Crippen molar-refractivity contribution in [1.29, 1.82) is 0 Å². The van der Waals surface area contributed by atoms with E-state index in [-0.39, 0.29) is 11.4 Å². The summed E-state index contributed by atoms with van der Waals surface area (Å²) < 4.78 is 30.7. The van der Waals surface area contributed by atoms with Gasteiger partial charge in [0.25, 0.3) is 0 Å². The second-order valence-corrected chi connectivity index (χ2v) is 9.73. The van der Waals surface area contributed by atoms with Crippen molar-refractivity contribution >= 4 is 15.7 Å². The van der Waals surface area contributed by atoms with Crippen LogP contribution in [-0.2, 0) is 21.2 Å². The van der Waals surface area contributed by atoms with Crippen molar-refractivity contribution in [2.24, 2.45) is 0 Å². The molecular formula is C24H36N2O5S. The zero-order valence-corrected chi connectivity index (χ0v) is 19.6. The van der Waals surface area contributed by atoms with Crippen LogP contribution in [0, 0.1) is 0 Å². The number of aryl methyl sites for hydroxylation is 1. The second kappa shape index (κ2) is 14.1. The van der Waals surface area contributed by atoms with Crippen LogP contribution in [0.15, 0.2) is 48.5 Å². The molecule has 0 saturated carbocycles. The molecule has 0 aromatic heterocycles. The average molecular weight is 465 g/mol. The lowest BCUT2D eigenvalue weighted by atomic mass is 10.1. The standard InChI is InChI=1S/C24H36N2O5S/c1-32(29,30)26-22-18-21(13-14-23(22)27)24(28)19-25-15-7-2-3-8-16-31-17-9-12-20-10-5-4-6-11-20/h4-6,10-11,13-14,18,24-28H,2-3,7-9,12,15-17,19H2,1H3. The minimum atomic E-state index is -3.51. The average Bonchev–Trinajstić information content (AvgIpc) is 2.75. The quantitative estimate of drug-likeness (QED) is 0.223. The van der Waals surface area contributed by atoms with Gasteiger partial charge >= 0.3 is 0 Å². The number of benzene rings is 2. The Hall–Kier alpha value is -2.13. The van der Waals surface area contributed by atoms with Crippen LogP contribution in [0.5, 0.6) is 5.75 Å². The number of aromatic hydroxyl groups is 1. The van der Waals surface area contributed by atoms with Crippen LogP contribution < -0.4 is 10.0 Å². The van der Waals surface area contributed by atoms with E-state index in [9.17, 15) is 18.6 Å². The summed E-state index contributed by atoms with van der Waals surface area (Å²) in [6.07, 6.45) is 6.59. The maximum Gasteiger partial charge on any atom is 0.229 e. The highest BCUT2D eigenvalue weighted by Crippen LogP contribution is 2.27. The lowest BCUT2D eigenvalue weighted by Crippen LogP contribution is -2.22. The molecule has 0 aliphatic rings. The Morgan fingerprint density at radius 2 is 1.69 bits per heavy atom. The van der Waals surface area contributed by atoms with Crippen molar-refractivity contribution in [2.45, 2.75) is 44.6 Å². The van der Waals surface area contributed by atoms with Gasteiger partial charge in [0.15, 0.2) is 0 Å². The van der Waals surface area contributed by atoms with Gasteiger partial charge in [-0.25, -0.2) is 8.42 Å². The van der Waals surface area contributed by atoms with Crippen LogP contribution in [0.4, 0.5) is 5.69 Å². The highest BCUT2D eigenvalue weighted by molar-refractivity contribution is 7.92. The molecule has 0 spiro atoms. The zero-order valence-electron chi connectivity index (χ0n) is 18.8. The van der Waals surface area contributed by atoms with Crippen LogP contribution in [0.1, 0.15) is 49.3 Å². The maximum absolute atomic E-state index is 11.4. The summed E-state index contributed by atoms with van der Waals surface area (Å²) in [4.78, 5) is 0. The lowest BCUT2D eigenvalue weighted by Gasteiger charge is -2.14. The maximum atomic E-state index is 11.4. The smallest absolute Gasteiger partial charge is 0.229 e. The van der Waals surface area contributed by atoms with Crippen LogP contribution in [-0.4, -0.2) is 51.2 Å². The van der Waals surface area contributed by atoms with Crippen LogP contribution >= 0.6 is 0 Å². The molecule has 7 nitrogen and oxygen atoms in total. The molecule has 0 saturated heterocycles. The second-order valence-electron chi connectivity index (χ2n) is 7.99. The molecule has 0 aliphatic carbocycles. The van der Waals surface area contributed by atoms with E-state index in [1.165, 1.54) is 17.7 Å². The predicted octanol–water partition coefficient (Wildman–Crippen LogP) is 3.60. The first-order valence-corrected chi connectivity index (χ1v) is 13.1. The normalized spacial score (nSPS) is 12.6. The molecule has 0 bridgehead atoms. The van der Waals surface area contributed by atoms with Crippen molar-refractivity contribution < 1.29 is 23.4 Å². The number of rotatable bonds is 16. The van der Waals surface area contributed by atoms with E-state index >= 15 is 0 Å². The molecule has 2 rings (SSSR count). The molecular weight excluding hydrogens is 428 g/mol. The largest absolute Gasteiger partial charge is 0.506 e. The number of aliphatic hydroxyl groups is 1. The molecule has 8 heteroatoms. The Morgan fingerprint density at radius 3 is 2.44 bits per heavy atom. The first-order valence-electron chi connectivity index (χ1n) is 11.2. The minimum absolute atomic E-state index is 0.0614. The van der Waals surface area contributed by atoms with E-state index < -0.39 is 16.1 Å². The van der Waals surface area contributed by atoms with Gasteiger partial charge in [0.1, 0.15) is 5.75 Å². The van der Waals surface area contributed by atoms with Crippen molar-refractivity contribution in [1.82, 2.24) is 5.32 Å². The number of anilines is 1. The topological polar surface area (TPSA) is 108 Å². The van der Waals surface area contributed by atoms with Gasteiger partial charge in [-0.2, -0.15) is 0 Å². The van der Waals surface area contributed by atoms with E-state index in [4.69, 9.17) is 4.74 Å². The molecule has 2 aromatic carbocycles. The highest BCUT2D eigenvalue weighted by Gasteiger charge is 2.12. The number of nitrogens with one attached hydrogen (secondary N) is 2. The molecule has 0 radical (unpaired) electrons. The van der Waals surface area contributed by atoms with Gasteiger partial charge in [-0.05, 0) is 55.5 Å². The number of hydrogen-bond acceptors (Lipinski definition) is 6. The number of unbranched alkanes of at least 4 members (excludes halogenated alkanes) is 3. The molecule has 0 fully saturated rings. The van der Waals surface area contributed by atoms with Gasteiger partial charge in [-0.1, -0.05) is 49.2 Å². The van der Waals surface area contributed by atoms with E-state index in [2.05, 4.69) is 34.3 Å². The van der Waals surface area contributed by atoms with Crippen molar-refractivity contribution in [3.8, 4) is 5.75 Å². The summed E-state index contributed by atoms with van der Waals surface area (Å²) in [5.41, 5.74) is 1.95. The van der Waals surface area contributed by atoms with E-state index in [0.717, 1.165) is 64.5 Å². The summed E-state index contributed by atoms with van der Waals surface area (Å²) in [7, 11) is -3.51. The summed E-state index contributed by atoms with van der Waals surface area (Å²) in [5, 5.41) is 23.3. The van der Waals surface area contributed by atoms with Crippen LogP contribution in [0.2, 0.25) is 0 Å². The molecule has 32 heavy (non-hydrogen) atoms. The number of sulfonamides is 1. The monoisotopic (exact) mass is 464 g/mol. The Balaban J connectivity index is 1.49. The van der Waals surface area contributed by atoms with Gasteiger partial charge in [0, 0.05) is 19.8 Å². The SMILES string of the molecule is CS(=O)(=O)Nc1cc(C(O)CNCCCCCCOCCCc2ccccc2)ccc1O. The van der Waals surface area contributed by atoms with Crippen molar-refractivity contribution in [3.63, 3.8) is 0 Å². The number of phenolic OH excluding ortho intramolecular Hbond substituents is 1. The fourth-order valence-electron chi connectivity index (χ4n) is 3.33. The number of phenols is 1. The number of aliphatic hydroxyl groups excluding tert-OH is 1. The fourth-order valence-corrected chi connectivity index (χ4v) is 3.89. The van der Waals surface area contributed by atoms with Gasteiger partial charge in [0.05, 0.1) is 18.0 Å². The summed E-state index contributed by atoms with van der Waals surface area (Å²) in [5.74, 6) is -0.181. The lowest BCUT2D eigenvalue weighted by molar-refractivity contribution is 0.127. The number of hydrogen-bond donors (Lipinski definition) is 4. The third kappa shape index (κ3) is 10.9. The summed E-state index contributed by atoms with van der Waals surface area (Å²) in [6, 6.07) is 14.8. The van der Waals surface area contributed by atoms with Gasteiger partial charge in [0.2, 0.25) is 10.0 Å². The van der Waals surface area contributed by atoms with Gasteiger partial charge in [-0.3, -0.25) is 4.72 Å². The molecule has 1 atom stereocenters. The van der Waals surface area contributed by atoms with E-state index in [1.807, 2.05) is 6.07 Å². The molecule has 0 aliphatic heterocycles. The Labute approximate surface area is 191 Å². The molecule has 0 heterocycles. The Bertz CT molecular complexity index is 891. The Kier molecular flexibility index (Phi) is 11.5. The van der Waals surface area contributed by atoms with Crippen LogP contribution in [0.3, 0.4) is 0 Å². The third-order valence-electron chi connectivity index (χ3n) is 5.03.